The van der Waals surface area contributed by atoms with Gasteiger partial charge in [-0.25, -0.2) is 4.98 Å². The van der Waals surface area contributed by atoms with Crippen LogP contribution in [-0.2, 0) is 12.8 Å². The van der Waals surface area contributed by atoms with Crippen molar-refractivity contribution in [3.8, 4) is 0 Å². The summed E-state index contributed by atoms with van der Waals surface area (Å²) in [4.78, 5) is 17.4. The van der Waals surface area contributed by atoms with Crippen molar-refractivity contribution in [1.82, 2.24) is 10.1 Å². The zero-order valence-corrected chi connectivity index (χ0v) is 13.8. The van der Waals surface area contributed by atoms with Crippen molar-refractivity contribution in [3.63, 3.8) is 0 Å². The molecule has 0 aromatic carbocycles. The van der Waals surface area contributed by atoms with Crippen LogP contribution < -0.4 is 4.90 Å². The number of carbonyl (C=O) groups is 1. The third-order valence-electron chi connectivity index (χ3n) is 3.82. The Morgan fingerprint density at radius 2 is 2.08 bits per heavy atom. The molecule has 0 bridgehead atoms. The predicted molar refractivity (Wildman–Crippen MR) is 82.3 cm³/mol. The molecule has 9 heteroatoms. The summed E-state index contributed by atoms with van der Waals surface area (Å²) in [5.41, 5.74) is 1.18. The summed E-state index contributed by atoms with van der Waals surface area (Å²) >= 11 is 1.00. The second-order valence-electron chi connectivity index (χ2n) is 5.77. The Hall–Kier alpha value is -1.90. The molecule has 0 atom stereocenters. The molecule has 2 heterocycles. The first-order valence-corrected chi connectivity index (χ1v) is 8.51. The molecule has 0 fully saturated rings. The molecule has 0 saturated heterocycles. The second-order valence-corrected chi connectivity index (χ2v) is 6.61. The number of nitrogens with zero attached hydrogens (tertiary/aromatic N) is 3. The van der Waals surface area contributed by atoms with Crippen molar-refractivity contribution >= 4 is 22.4 Å². The van der Waals surface area contributed by atoms with E-state index in [0.29, 0.717) is 34.8 Å². The molecular formula is C15H16F3N3O2S. The van der Waals surface area contributed by atoms with E-state index in [9.17, 15) is 18.0 Å². The number of rotatable bonds is 3. The van der Waals surface area contributed by atoms with E-state index in [-0.39, 0.29) is 10.8 Å². The molecule has 1 amide bonds. The van der Waals surface area contributed by atoms with E-state index in [2.05, 4.69) is 10.1 Å². The minimum absolute atomic E-state index is 0.0141. The van der Waals surface area contributed by atoms with Crippen LogP contribution in [0.3, 0.4) is 0 Å². The molecule has 0 unspecified atom stereocenters. The maximum Gasteiger partial charge on any atom is 0.406 e. The molecule has 0 saturated carbocycles. The number of alkyl halides is 3. The van der Waals surface area contributed by atoms with Gasteiger partial charge in [0.25, 0.3) is 5.91 Å². The van der Waals surface area contributed by atoms with Gasteiger partial charge in [0.05, 0.1) is 5.69 Å². The summed E-state index contributed by atoms with van der Waals surface area (Å²) in [6, 6.07) is 0. The number of amides is 1. The fraction of sp³-hybridized carbons (Fsp3) is 0.533. The fourth-order valence-electron chi connectivity index (χ4n) is 2.73. The highest BCUT2D eigenvalue weighted by Gasteiger charge is 2.37. The quantitative estimate of drug-likeness (QED) is 0.780. The molecule has 2 aromatic heterocycles. The molecule has 130 valence electrons. The van der Waals surface area contributed by atoms with E-state index >= 15 is 0 Å². The van der Waals surface area contributed by atoms with Gasteiger partial charge in [0.15, 0.2) is 10.8 Å². The van der Waals surface area contributed by atoms with Crippen LogP contribution in [0.1, 0.15) is 46.8 Å². The Labute approximate surface area is 140 Å². The maximum atomic E-state index is 12.9. The number of aromatic nitrogens is 2. The number of thiazole rings is 1. The minimum Gasteiger partial charge on any atom is -0.360 e. The molecule has 5 nitrogen and oxygen atoms in total. The molecule has 0 N–H and O–H groups in total. The lowest BCUT2D eigenvalue weighted by atomic mass is 10.1. The van der Waals surface area contributed by atoms with Crippen LogP contribution in [0.2, 0.25) is 0 Å². The van der Waals surface area contributed by atoms with Gasteiger partial charge in [-0.15, -0.1) is 11.3 Å². The number of aryl methyl sites for hydroxylation is 2. The standard InChI is InChI=1S/C15H16F3N3O2S/c1-9-7-24-14(19-9)21(8-15(16,17)18)13(22)12-10-5-3-2-4-6-11(10)23-20-12/h7H,2-6,8H2,1H3. The number of anilines is 1. The van der Waals surface area contributed by atoms with Crippen LogP contribution in [0.15, 0.2) is 9.90 Å². The van der Waals surface area contributed by atoms with E-state index in [1.807, 2.05) is 0 Å². The molecule has 3 rings (SSSR count). The summed E-state index contributed by atoms with van der Waals surface area (Å²) in [7, 11) is 0. The van der Waals surface area contributed by atoms with Crippen molar-refractivity contribution < 1.29 is 22.5 Å². The minimum atomic E-state index is -4.53. The summed E-state index contributed by atoms with van der Waals surface area (Å²) in [6.45, 7) is 0.263. The Balaban J connectivity index is 1.96. The van der Waals surface area contributed by atoms with Crippen molar-refractivity contribution in [2.75, 3.05) is 11.4 Å². The predicted octanol–water partition coefficient (Wildman–Crippen LogP) is 3.92. The second kappa shape index (κ2) is 6.54. The smallest absolute Gasteiger partial charge is 0.360 e. The van der Waals surface area contributed by atoms with Crippen molar-refractivity contribution in [2.24, 2.45) is 0 Å². The monoisotopic (exact) mass is 359 g/mol. The summed E-state index contributed by atoms with van der Waals surface area (Å²) in [5, 5.41) is 5.39. The first kappa shape index (κ1) is 16.9. The molecule has 1 aliphatic rings. The van der Waals surface area contributed by atoms with Crippen LogP contribution in [-0.4, -0.2) is 28.8 Å². The van der Waals surface area contributed by atoms with Gasteiger partial charge >= 0.3 is 6.18 Å². The van der Waals surface area contributed by atoms with Crippen LogP contribution in [0.4, 0.5) is 18.3 Å². The van der Waals surface area contributed by atoms with Crippen LogP contribution in [0.25, 0.3) is 0 Å². The number of hydrogen-bond acceptors (Lipinski definition) is 5. The van der Waals surface area contributed by atoms with Gasteiger partial charge in [-0.2, -0.15) is 13.2 Å². The van der Waals surface area contributed by atoms with E-state index < -0.39 is 18.6 Å². The van der Waals surface area contributed by atoms with Gasteiger partial charge in [-0.3, -0.25) is 9.69 Å². The Morgan fingerprint density at radius 3 is 2.75 bits per heavy atom. The third-order valence-corrected chi connectivity index (χ3v) is 4.80. The topological polar surface area (TPSA) is 59.2 Å². The largest absolute Gasteiger partial charge is 0.406 e. The molecule has 1 aliphatic carbocycles. The van der Waals surface area contributed by atoms with Gasteiger partial charge < -0.3 is 4.52 Å². The molecule has 0 spiro atoms. The summed E-state index contributed by atoms with van der Waals surface area (Å²) in [5.74, 6) is -0.202. The first-order valence-electron chi connectivity index (χ1n) is 7.63. The molecular weight excluding hydrogens is 343 g/mol. The number of carbonyl (C=O) groups excluding carboxylic acids is 1. The highest BCUT2D eigenvalue weighted by atomic mass is 32.1. The maximum absolute atomic E-state index is 12.9. The van der Waals surface area contributed by atoms with Gasteiger partial charge in [0.2, 0.25) is 0 Å². The summed E-state index contributed by atoms with van der Waals surface area (Å²) in [6.07, 6.45) is -0.495. The van der Waals surface area contributed by atoms with E-state index in [0.717, 1.165) is 30.6 Å². The molecule has 24 heavy (non-hydrogen) atoms. The lowest BCUT2D eigenvalue weighted by molar-refractivity contribution is -0.118. The molecule has 2 aromatic rings. The zero-order valence-electron chi connectivity index (χ0n) is 13.0. The molecule has 0 radical (unpaired) electrons. The Bertz CT molecular complexity index is 739. The Kier molecular flexibility index (Phi) is 4.62. The first-order chi connectivity index (χ1) is 11.3. The highest BCUT2D eigenvalue weighted by Crippen LogP contribution is 2.29. The van der Waals surface area contributed by atoms with Crippen molar-refractivity contribution in [3.05, 3.63) is 28.1 Å². The SMILES string of the molecule is Cc1csc(N(CC(F)(F)F)C(=O)c2noc3c2CCCCC3)n1. The van der Waals surface area contributed by atoms with Gasteiger partial charge in [-0.05, 0) is 26.2 Å². The van der Waals surface area contributed by atoms with Crippen LogP contribution in [0, 0.1) is 6.92 Å². The summed E-state index contributed by atoms with van der Waals surface area (Å²) < 4.78 is 44.0. The van der Waals surface area contributed by atoms with Crippen molar-refractivity contribution in [1.29, 1.82) is 0 Å². The Morgan fingerprint density at radius 1 is 1.33 bits per heavy atom. The van der Waals surface area contributed by atoms with E-state index in [1.165, 1.54) is 0 Å². The van der Waals surface area contributed by atoms with Gasteiger partial charge in [0.1, 0.15) is 12.3 Å². The number of fused-ring (bicyclic) bond motifs is 1. The van der Waals surface area contributed by atoms with Gasteiger partial charge in [0, 0.05) is 17.4 Å². The van der Waals surface area contributed by atoms with E-state index in [1.54, 1.807) is 12.3 Å². The average Bonchev–Trinajstić information content (AvgIpc) is 3.03. The lowest BCUT2D eigenvalue weighted by Gasteiger charge is -2.20. The normalized spacial score (nSPS) is 15.0. The zero-order chi connectivity index (χ0) is 17.3. The van der Waals surface area contributed by atoms with Crippen LogP contribution >= 0.6 is 11.3 Å². The number of hydrogen-bond donors (Lipinski definition) is 0. The molecule has 0 aliphatic heterocycles. The fourth-order valence-corrected chi connectivity index (χ4v) is 3.53. The van der Waals surface area contributed by atoms with Gasteiger partial charge in [-0.1, -0.05) is 11.6 Å². The van der Waals surface area contributed by atoms with Crippen molar-refractivity contribution in [2.45, 2.75) is 45.2 Å². The number of halogens is 3. The van der Waals surface area contributed by atoms with Crippen LogP contribution in [0.5, 0.6) is 0 Å². The lowest BCUT2D eigenvalue weighted by Crippen LogP contribution is -2.39. The highest BCUT2D eigenvalue weighted by molar-refractivity contribution is 7.14. The van der Waals surface area contributed by atoms with E-state index in [4.69, 9.17) is 4.52 Å². The third kappa shape index (κ3) is 3.61. The average molecular weight is 359 g/mol.